The molecule has 0 aliphatic rings. The van der Waals surface area contributed by atoms with Gasteiger partial charge < -0.3 is 10.3 Å². The van der Waals surface area contributed by atoms with Gasteiger partial charge in [0.05, 0.1) is 6.54 Å². The van der Waals surface area contributed by atoms with E-state index in [0.717, 1.165) is 11.3 Å². The lowest BCUT2D eigenvalue weighted by Crippen LogP contribution is -2.12. The molecule has 2 heterocycles. The quantitative estimate of drug-likeness (QED) is 0.780. The summed E-state index contributed by atoms with van der Waals surface area (Å²) in [7, 11) is 0. The largest absolute Gasteiger partial charge is 0.364 e. The first-order chi connectivity index (χ1) is 9.72. The zero-order valence-corrected chi connectivity index (χ0v) is 10.6. The smallest absolute Gasteiger partial charge is 0.269 e. The van der Waals surface area contributed by atoms with Crippen LogP contribution in [0.1, 0.15) is 16.2 Å². The number of benzene rings is 1. The number of nitrogens with zero attached hydrogens (tertiary/aromatic N) is 3. The highest BCUT2D eigenvalue weighted by Crippen LogP contribution is 2.19. The summed E-state index contributed by atoms with van der Waals surface area (Å²) in [6, 6.07) is 13.1. The first-order valence-electron chi connectivity index (χ1n) is 6.06. The molecule has 6 heteroatoms. The number of carbonyl (C=O) groups excluding carboxylic acids is 1. The Labute approximate surface area is 114 Å². The fraction of sp³-hybridized carbons (Fsp3) is 0.0714. The second-order valence-corrected chi connectivity index (χ2v) is 4.31. The predicted molar refractivity (Wildman–Crippen MR) is 71.8 cm³/mol. The monoisotopic (exact) mass is 268 g/mol. The van der Waals surface area contributed by atoms with E-state index in [2.05, 4.69) is 10.3 Å². The first-order valence-corrected chi connectivity index (χ1v) is 6.06. The Kier molecular flexibility index (Phi) is 3.04. The van der Waals surface area contributed by atoms with Crippen LogP contribution >= 0.6 is 0 Å². The molecule has 1 aromatic carbocycles. The SMILES string of the molecule is NC(=O)c1ccn(Cc2cc(-c3ccccc3)on2)n1. The van der Waals surface area contributed by atoms with Crippen molar-refractivity contribution in [3.8, 4) is 11.3 Å². The van der Waals surface area contributed by atoms with Crippen LogP contribution < -0.4 is 5.73 Å². The molecular weight excluding hydrogens is 256 g/mol. The average molecular weight is 268 g/mol. The number of nitrogens with two attached hydrogens (primary N) is 1. The van der Waals surface area contributed by atoms with Gasteiger partial charge in [-0.25, -0.2) is 0 Å². The lowest BCUT2D eigenvalue weighted by Gasteiger charge is -1.95. The van der Waals surface area contributed by atoms with Crippen molar-refractivity contribution < 1.29 is 9.32 Å². The maximum Gasteiger partial charge on any atom is 0.269 e. The predicted octanol–water partition coefficient (Wildman–Crippen LogP) is 1.69. The van der Waals surface area contributed by atoms with E-state index in [1.165, 1.54) is 0 Å². The third-order valence-corrected chi connectivity index (χ3v) is 2.83. The molecule has 0 saturated carbocycles. The molecule has 0 bridgehead atoms. The Morgan fingerprint density at radius 3 is 2.75 bits per heavy atom. The van der Waals surface area contributed by atoms with Gasteiger partial charge in [0.25, 0.3) is 5.91 Å². The Bertz CT molecular complexity index is 730. The molecule has 3 rings (SSSR count). The fourth-order valence-corrected chi connectivity index (χ4v) is 1.87. The van der Waals surface area contributed by atoms with E-state index in [4.69, 9.17) is 10.3 Å². The lowest BCUT2D eigenvalue weighted by molar-refractivity contribution is 0.0995. The number of amides is 1. The van der Waals surface area contributed by atoms with Crippen molar-refractivity contribution in [3.63, 3.8) is 0 Å². The van der Waals surface area contributed by atoms with Gasteiger partial charge in [0.2, 0.25) is 0 Å². The number of carbonyl (C=O) groups is 1. The molecule has 0 unspecified atom stereocenters. The van der Waals surface area contributed by atoms with Gasteiger partial charge in [0, 0.05) is 17.8 Å². The van der Waals surface area contributed by atoms with Gasteiger partial charge >= 0.3 is 0 Å². The summed E-state index contributed by atoms with van der Waals surface area (Å²) in [6.45, 7) is 0.420. The van der Waals surface area contributed by atoms with Crippen LogP contribution in [0.15, 0.2) is 53.2 Å². The van der Waals surface area contributed by atoms with Gasteiger partial charge in [-0.1, -0.05) is 35.5 Å². The molecule has 0 aliphatic carbocycles. The van der Waals surface area contributed by atoms with Gasteiger partial charge in [0.15, 0.2) is 5.76 Å². The molecule has 1 amide bonds. The van der Waals surface area contributed by atoms with E-state index in [0.29, 0.717) is 12.3 Å². The van der Waals surface area contributed by atoms with E-state index in [-0.39, 0.29) is 5.69 Å². The topological polar surface area (TPSA) is 86.9 Å². The number of hydrogen-bond donors (Lipinski definition) is 1. The number of hydrogen-bond acceptors (Lipinski definition) is 4. The molecule has 100 valence electrons. The summed E-state index contributed by atoms with van der Waals surface area (Å²) in [5.41, 5.74) is 7.07. The highest BCUT2D eigenvalue weighted by molar-refractivity contribution is 5.90. The van der Waals surface area contributed by atoms with Gasteiger partial charge in [-0.2, -0.15) is 5.10 Å². The molecule has 0 aliphatic heterocycles. The summed E-state index contributed by atoms with van der Waals surface area (Å²) in [5, 5.41) is 8.04. The third-order valence-electron chi connectivity index (χ3n) is 2.83. The maximum atomic E-state index is 11.0. The molecule has 0 saturated heterocycles. The number of aromatic nitrogens is 3. The highest BCUT2D eigenvalue weighted by atomic mass is 16.5. The zero-order chi connectivity index (χ0) is 13.9. The molecule has 3 aromatic rings. The second-order valence-electron chi connectivity index (χ2n) is 4.31. The van der Waals surface area contributed by atoms with Gasteiger partial charge in [-0.3, -0.25) is 9.48 Å². The van der Waals surface area contributed by atoms with E-state index >= 15 is 0 Å². The van der Waals surface area contributed by atoms with Crippen LogP contribution in [0.5, 0.6) is 0 Å². The minimum absolute atomic E-state index is 0.233. The molecule has 0 fully saturated rings. The van der Waals surface area contributed by atoms with Crippen molar-refractivity contribution in [2.24, 2.45) is 5.73 Å². The van der Waals surface area contributed by atoms with Crippen molar-refractivity contribution in [2.45, 2.75) is 6.54 Å². The van der Waals surface area contributed by atoms with Crippen LogP contribution in [0.3, 0.4) is 0 Å². The Morgan fingerprint density at radius 1 is 1.25 bits per heavy atom. The minimum Gasteiger partial charge on any atom is -0.364 e. The van der Waals surface area contributed by atoms with E-state index in [1.54, 1.807) is 16.9 Å². The van der Waals surface area contributed by atoms with E-state index < -0.39 is 5.91 Å². The van der Waals surface area contributed by atoms with Crippen LogP contribution in [-0.2, 0) is 6.54 Å². The molecule has 2 N–H and O–H groups in total. The fourth-order valence-electron chi connectivity index (χ4n) is 1.87. The van der Waals surface area contributed by atoms with Crippen LogP contribution in [0.25, 0.3) is 11.3 Å². The molecule has 20 heavy (non-hydrogen) atoms. The normalized spacial score (nSPS) is 10.6. The van der Waals surface area contributed by atoms with Crippen molar-refractivity contribution >= 4 is 5.91 Å². The first kappa shape index (κ1) is 12.2. The molecular formula is C14H12N4O2. The van der Waals surface area contributed by atoms with E-state index in [1.807, 2.05) is 36.4 Å². The second kappa shape index (κ2) is 5.00. The highest BCUT2D eigenvalue weighted by Gasteiger charge is 2.09. The molecule has 6 nitrogen and oxygen atoms in total. The molecule has 0 spiro atoms. The zero-order valence-electron chi connectivity index (χ0n) is 10.6. The van der Waals surface area contributed by atoms with Crippen molar-refractivity contribution in [1.29, 1.82) is 0 Å². The minimum atomic E-state index is -0.547. The standard InChI is InChI=1S/C14H12N4O2/c15-14(19)12-6-7-18(16-12)9-11-8-13(20-17-11)10-4-2-1-3-5-10/h1-8H,9H2,(H2,15,19). The summed E-state index contributed by atoms with van der Waals surface area (Å²) in [6.07, 6.45) is 1.68. The Hall–Kier alpha value is -2.89. The molecule has 0 radical (unpaired) electrons. The van der Waals surface area contributed by atoms with Gasteiger partial charge in [0.1, 0.15) is 11.4 Å². The number of primary amides is 1. The average Bonchev–Trinajstić information content (AvgIpc) is 3.10. The number of rotatable bonds is 4. The lowest BCUT2D eigenvalue weighted by atomic mass is 10.2. The summed E-state index contributed by atoms with van der Waals surface area (Å²) >= 11 is 0. The van der Waals surface area contributed by atoms with Crippen molar-refractivity contribution in [2.75, 3.05) is 0 Å². The van der Waals surface area contributed by atoms with E-state index in [9.17, 15) is 4.79 Å². The van der Waals surface area contributed by atoms with Crippen LogP contribution in [0, 0.1) is 0 Å². The Balaban J connectivity index is 1.78. The van der Waals surface area contributed by atoms with Crippen molar-refractivity contribution in [1.82, 2.24) is 14.9 Å². The van der Waals surface area contributed by atoms with Crippen LogP contribution in [0.4, 0.5) is 0 Å². The summed E-state index contributed by atoms with van der Waals surface area (Å²) < 4.78 is 6.88. The maximum absolute atomic E-state index is 11.0. The summed E-state index contributed by atoms with van der Waals surface area (Å²) in [5.74, 6) is 0.150. The van der Waals surface area contributed by atoms with Gasteiger partial charge in [-0.05, 0) is 6.07 Å². The third kappa shape index (κ3) is 2.44. The summed E-state index contributed by atoms with van der Waals surface area (Å²) in [4.78, 5) is 11.0. The van der Waals surface area contributed by atoms with Crippen LogP contribution in [-0.4, -0.2) is 20.8 Å². The van der Waals surface area contributed by atoms with Crippen molar-refractivity contribution in [3.05, 3.63) is 60.0 Å². The molecule has 0 atom stereocenters. The van der Waals surface area contributed by atoms with Crippen LogP contribution in [0.2, 0.25) is 0 Å². The molecule has 2 aromatic heterocycles. The van der Waals surface area contributed by atoms with Gasteiger partial charge in [-0.15, -0.1) is 0 Å². The Morgan fingerprint density at radius 2 is 2.05 bits per heavy atom.